The molecule has 1 saturated heterocycles. The van der Waals surface area contributed by atoms with Crippen LogP contribution in [0.25, 0.3) is 0 Å². The summed E-state index contributed by atoms with van der Waals surface area (Å²) >= 11 is 0. The van der Waals surface area contributed by atoms with Crippen molar-refractivity contribution in [3.8, 4) is 0 Å². The SMILES string of the molecule is CC1=C\[C@H](O)CC(=O)Cc2nc(co2)C(=O)N2CC[C@@H](C2)C(=O)O[C@@H](C(C)C)[C@@H](C)/C=C/C(=O)NC/C=C\1. The number of aliphatic hydroxyl groups excluding tert-OH is 1. The van der Waals surface area contributed by atoms with Gasteiger partial charge in [-0.05, 0) is 25.3 Å². The molecule has 2 aliphatic rings. The van der Waals surface area contributed by atoms with Crippen molar-refractivity contribution in [2.24, 2.45) is 17.8 Å². The van der Waals surface area contributed by atoms with Crippen LogP contribution >= 0.6 is 0 Å². The number of hydrogen-bond acceptors (Lipinski definition) is 8. The molecule has 3 rings (SSSR count). The van der Waals surface area contributed by atoms with Gasteiger partial charge in [-0.3, -0.25) is 19.2 Å². The molecule has 0 spiro atoms. The maximum Gasteiger partial charge on any atom is 0.311 e. The largest absolute Gasteiger partial charge is 0.461 e. The third-order valence-corrected chi connectivity index (χ3v) is 6.57. The Hall–Kier alpha value is -3.53. The van der Waals surface area contributed by atoms with Gasteiger partial charge in [0.2, 0.25) is 11.8 Å². The van der Waals surface area contributed by atoms with Crippen molar-refractivity contribution in [3.05, 3.63) is 53.8 Å². The average Bonchev–Trinajstić information content (AvgIpc) is 3.52. The number of cyclic esters (lactones) is 1. The van der Waals surface area contributed by atoms with Crippen LogP contribution in [-0.4, -0.2) is 70.4 Å². The van der Waals surface area contributed by atoms with E-state index in [-0.39, 0.29) is 72.9 Å². The van der Waals surface area contributed by atoms with Crippen LogP contribution in [0.3, 0.4) is 0 Å². The molecule has 2 aliphatic heterocycles. The van der Waals surface area contributed by atoms with Crippen LogP contribution in [0.2, 0.25) is 0 Å². The molecule has 2 N–H and O–H groups in total. The minimum atomic E-state index is -0.997. The number of carbonyl (C=O) groups is 4. The molecule has 0 aliphatic carbocycles. The number of fused-ring (bicyclic) bond motifs is 4. The number of aromatic nitrogens is 1. The van der Waals surface area contributed by atoms with Crippen molar-refractivity contribution in [2.45, 2.75) is 59.2 Å². The number of allylic oxidation sites excluding steroid dienone is 2. The predicted molar refractivity (Wildman–Crippen MR) is 139 cm³/mol. The number of rotatable bonds is 1. The number of hydrogen-bond donors (Lipinski definition) is 2. The van der Waals surface area contributed by atoms with Gasteiger partial charge in [0.15, 0.2) is 5.69 Å². The lowest BCUT2D eigenvalue weighted by Crippen LogP contribution is -2.34. The standard InChI is InChI=1S/C28H37N3O7/c1-17(2)26-19(4)7-8-24(34)29-10-5-6-18(3)12-21(32)13-22(33)14-25-30-23(16-37-25)27(35)31-11-9-20(15-31)28(36)38-26/h5-8,12,16-17,19-21,26,32H,9-11,13-15H2,1-4H3,(H,29,34)/b6-5-,8-7+,18-12+/t19-,20-,21-,26-/m0/s1. The van der Waals surface area contributed by atoms with E-state index in [0.717, 1.165) is 5.57 Å². The second-order valence-electron chi connectivity index (χ2n) is 10.3. The number of ether oxygens (including phenoxy) is 1. The molecule has 206 valence electrons. The van der Waals surface area contributed by atoms with Crippen molar-refractivity contribution in [1.29, 1.82) is 0 Å². The lowest BCUT2D eigenvalue weighted by Gasteiger charge is -2.27. The number of nitrogens with zero attached hydrogens (tertiary/aromatic N) is 2. The first-order valence-electron chi connectivity index (χ1n) is 13.0. The Kier molecular flexibility index (Phi) is 10.2. The summed E-state index contributed by atoms with van der Waals surface area (Å²) in [6, 6.07) is 0. The summed E-state index contributed by atoms with van der Waals surface area (Å²) < 4.78 is 11.2. The Morgan fingerprint density at radius 3 is 2.68 bits per heavy atom. The van der Waals surface area contributed by atoms with Gasteiger partial charge in [0.05, 0.1) is 18.4 Å². The highest BCUT2D eigenvalue weighted by molar-refractivity contribution is 5.93. The van der Waals surface area contributed by atoms with Crippen LogP contribution in [0.4, 0.5) is 0 Å². The zero-order valence-corrected chi connectivity index (χ0v) is 22.4. The fourth-order valence-electron chi connectivity index (χ4n) is 4.57. The van der Waals surface area contributed by atoms with Crippen LogP contribution < -0.4 is 5.32 Å². The molecule has 1 aromatic heterocycles. The van der Waals surface area contributed by atoms with Gasteiger partial charge in [0, 0.05) is 32.0 Å². The molecule has 0 aromatic carbocycles. The van der Waals surface area contributed by atoms with Gasteiger partial charge in [0.25, 0.3) is 5.91 Å². The predicted octanol–water partition coefficient (Wildman–Crippen LogP) is 2.39. The summed E-state index contributed by atoms with van der Waals surface area (Å²) in [5.41, 5.74) is 0.794. The number of aliphatic hydroxyl groups is 1. The topological polar surface area (TPSA) is 139 Å². The van der Waals surface area contributed by atoms with E-state index in [2.05, 4.69) is 10.3 Å². The molecular weight excluding hydrogens is 490 g/mol. The van der Waals surface area contributed by atoms with Gasteiger partial charge in [-0.1, -0.05) is 50.6 Å². The van der Waals surface area contributed by atoms with E-state index in [9.17, 15) is 24.3 Å². The van der Waals surface area contributed by atoms with E-state index in [1.807, 2.05) is 20.8 Å². The molecule has 4 atom stereocenters. The molecule has 10 nitrogen and oxygen atoms in total. The maximum absolute atomic E-state index is 13.0. The molecule has 38 heavy (non-hydrogen) atoms. The van der Waals surface area contributed by atoms with Crippen LogP contribution in [0, 0.1) is 17.8 Å². The highest BCUT2D eigenvalue weighted by Gasteiger charge is 2.36. The third kappa shape index (κ3) is 8.24. The molecule has 0 radical (unpaired) electrons. The summed E-state index contributed by atoms with van der Waals surface area (Å²) in [5, 5.41) is 13.0. The smallest absolute Gasteiger partial charge is 0.311 e. The van der Waals surface area contributed by atoms with Gasteiger partial charge >= 0.3 is 5.97 Å². The highest BCUT2D eigenvalue weighted by atomic mass is 16.5. The zero-order chi connectivity index (χ0) is 27.8. The molecule has 0 unspecified atom stereocenters. The van der Waals surface area contributed by atoms with Crippen LogP contribution in [-0.2, 0) is 25.5 Å². The van der Waals surface area contributed by atoms with Gasteiger partial charge in [0.1, 0.15) is 18.2 Å². The fourth-order valence-corrected chi connectivity index (χ4v) is 4.57. The number of ketones is 1. The van der Waals surface area contributed by atoms with Crippen LogP contribution in [0.5, 0.6) is 0 Å². The second kappa shape index (κ2) is 13.3. The number of amides is 2. The monoisotopic (exact) mass is 527 g/mol. The fraction of sp³-hybridized carbons (Fsp3) is 0.536. The first-order chi connectivity index (χ1) is 18.0. The average molecular weight is 528 g/mol. The molecule has 0 saturated carbocycles. The number of esters is 1. The minimum absolute atomic E-state index is 0.0173. The summed E-state index contributed by atoms with van der Waals surface area (Å²) in [4.78, 5) is 56.2. The minimum Gasteiger partial charge on any atom is -0.461 e. The van der Waals surface area contributed by atoms with E-state index in [1.54, 1.807) is 31.2 Å². The molecule has 1 aromatic rings. The number of nitrogens with one attached hydrogen (secondary N) is 1. The van der Waals surface area contributed by atoms with Gasteiger partial charge in [-0.15, -0.1) is 0 Å². The number of carbonyl (C=O) groups excluding carboxylic acids is 4. The molecule has 4 bridgehead atoms. The lowest BCUT2D eigenvalue weighted by molar-refractivity contribution is -0.157. The van der Waals surface area contributed by atoms with Crippen molar-refractivity contribution >= 4 is 23.6 Å². The first-order valence-corrected chi connectivity index (χ1v) is 13.0. The van der Waals surface area contributed by atoms with Crippen molar-refractivity contribution in [2.75, 3.05) is 19.6 Å². The summed E-state index contributed by atoms with van der Waals surface area (Å²) in [5.74, 6) is -1.90. The van der Waals surface area contributed by atoms with Gasteiger partial charge < -0.3 is 24.5 Å². The molecular formula is C28H37N3O7. The summed E-state index contributed by atoms with van der Waals surface area (Å²) in [7, 11) is 0. The quantitative estimate of drug-likeness (QED) is 0.531. The molecule has 10 heteroatoms. The Morgan fingerprint density at radius 1 is 1.18 bits per heavy atom. The molecule has 1 fully saturated rings. The van der Waals surface area contributed by atoms with Crippen molar-refractivity contribution in [1.82, 2.24) is 15.2 Å². The van der Waals surface area contributed by atoms with Crippen LogP contribution in [0.1, 0.15) is 56.9 Å². The summed E-state index contributed by atoms with van der Waals surface area (Å²) in [6.45, 7) is 8.42. The van der Waals surface area contributed by atoms with Crippen molar-refractivity contribution in [3.63, 3.8) is 0 Å². The zero-order valence-electron chi connectivity index (χ0n) is 22.4. The summed E-state index contributed by atoms with van der Waals surface area (Å²) in [6.07, 6.45) is 8.13. The van der Waals surface area contributed by atoms with Gasteiger partial charge in [-0.25, -0.2) is 4.98 Å². The first kappa shape index (κ1) is 29.0. The maximum atomic E-state index is 13.0. The Labute approximate surface area is 222 Å². The molecule has 2 amide bonds. The normalized spacial score (nSPS) is 29.7. The van der Waals surface area contributed by atoms with E-state index in [1.165, 1.54) is 17.2 Å². The Morgan fingerprint density at radius 2 is 1.95 bits per heavy atom. The van der Waals surface area contributed by atoms with Crippen molar-refractivity contribution < 1.29 is 33.4 Å². The Bertz CT molecular complexity index is 1120. The number of Topliss-reactive ketones (excluding diaryl/α,β-unsaturated/α-hetero) is 1. The Balaban J connectivity index is 1.79. The lowest BCUT2D eigenvalue weighted by atomic mass is 9.94. The number of oxazole rings is 1. The van der Waals surface area contributed by atoms with E-state index in [4.69, 9.17) is 9.15 Å². The van der Waals surface area contributed by atoms with Crippen LogP contribution in [0.15, 0.2) is 46.6 Å². The molecule has 3 heterocycles. The van der Waals surface area contributed by atoms with Gasteiger partial charge in [-0.2, -0.15) is 0 Å². The van der Waals surface area contributed by atoms with E-state index >= 15 is 0 Å². The second-order valence-corrected chi connectivity index (χ2v) is 10.3. The van der Waals surface area contributed by atoms with E-state index < -0.39 is 18.1 Å². The highest BCUT2D eigenvalue weighted by Crippen LogP contribution is 2.24. The third-order valence-electron chi connectivity index (χ3n) is 6.57. The van der Waals surface area contributed by atoms with E-state index in [0.29, 0.717) is 13.0 Å².